The van der Waals surface area contributed by atoms with Crippen LogP contribution < -0.4 is 10.1 Å². The van der Waals surface area contributed by atoms with Crippen molar-refractivity contribution in [3.63, 3.8) is 0 Å². The van der Waals surface area contributed by atoms with Crippen LogP contribution in [0.5, 0.6) is 5.75 Å². The molecule has 21 heavy (non-hydrogen) atoms. The van der Waals surface area contributed by atoms with E-state index in [1.54, 1.807) is 42.7 Å². The number of thiazole rings is 1. The van der Waals surface area contributed by atoms with E-state index in [-0.39, 0.29) is 5.91 Å². The maximum atomic E-state index is 12.0. The standard InChI is InChI=1S/C16H20N2O2S/c1-4-14-11(2)21-15(18-14)9-10-17-16(19)12-5-7-13(20-3)8-6-12/h5-8H,4,9-10H2,1-3H3,(H,17,19). The van der Waals surface area contributed by atoms with Crippen LogP contribution in [0.4, 0.5) is 0 Å². The second-order valence-electron chi connectivity index (χ2n) is 4.70. The van der Waals surface area contributed by atoms with Gasteiger partial charge < -0.3 is 10.1 Å². The lowest BCUT2D eigenvalue weighted by Gasteiger charge is -2.05. The van der Waals surface area contributed by atoms with Gasteiger partial charge in [-0.25, -0.2) is 4.98 Å². The lowest BCUT2D eigenvalue weighted by atomic mass is 10.2. The van der Waals surface area contributed by atoms with Crippen molar-refractivity contribution < 1.29 is 9.53 Å². The van der Waals surface area contributed by atoms with Crippen LogP contribution >= 0.6 is 11.3 Å². The molecule has 1 aromatic carbocycles. The van der Waals surface area contributed by atoms with Crippen molar-refractivity contribution in [2.24, 2.45) is 0 Å². The molecule has 0 unspecified atom stereocenters. The molecule has 0 spiro atoms. The van der Waals surface area contributed by atoms with Crippen LogP contribution in [-0.2, 0) is 12.8 Å². The Balaban J connectivity index is 1.85. The van der Waals surface area contributed by atoms with Crippen molar-refractivity contribution in [1.29, 1.82) is 0 Å². The Kier molecular flexibility index (Phi) is 5.33. The van der Waals surface area contributed by atoms with Crippen molar-refractivity contribution in [3.8, 4) is 5.75 Å². The molecule has 1 amide bonds. The lowest BCUT2D eigenvalue weighted by molar-refractivity contribution is 0.0954. The Labute approximate surface area is 129 Å². The van der Waals surface area contributed by atoms with E-state index in [0.29, 0.717) is 12.1 Å². The summed E-state index contributed by atoms with van der Waals surface area (Å²) < 4.78 is 5.07. The van der Waals surface area contributed by atoms with Gasteiger partial charge in [-0.15, -0.1) is 11.3 Å². The van der Waals surface area contributed by atoms with Gasteiger partial charge >= 0.3 is 0 Å². The number of methoxy groups -OCH3 is 1. The summed E-state index contributed by atoms with van der Waals surface area (Å²) in [5.74, 6) is 0.679. The zero-order valence-corrected chi connectivity index (χ0v) is 13.4. The largest absolute Gasteiger partial charge is 0.497 e. The van der Waals surface area contributed by atoms with E-state index >= 15 is 0 Å². The molecule has 1 N–H and O–H groups in total. The molecule has 0 saturated carbocycles. The molecule has 2 rings (SSSR count). The zero-order chi connectivity index (χ0) is 15.2. The van der Waals surface area contributed by atoms with Crippen LogP contribution in [0.25, 0.3) is 0 Å². The number of ether oxygens (including phenoxy) is 1. The van der Waals surface area contributed by atoms with Gasteiger partial charge in [0.2, 0.25) is 0 Å². The van der Waals surface area contributed by atoms with Gasteiger partial charge in [0.15, 0.2) is 0 Å². The quantitative estimate of drug-likeness (QED) is 0.892. The SMILES string of the molecule is CCc1nc(CCNC(=O)c2ccc(OC)cc2)sc1C. The maximum absolute atomic E-state index is 12.0. The number of carbonyl (C=O) groups is 1. The third kappa shape index (κ3) is 4.04. The molecule has 0 fully saturated rings. The summed E-state index contributed by atoms with van der Waals surface area (Å²) in [4.78, 5) is 17.8. The van der Waals surface area contributed by atoms with Gasteiger partial charge in [-0.3, -0.25) is 4.79 Å². The average molecular weight is 304 g/mol. The van der Waals surface area contributed by atoms with Crippen molar-refractivity contribution in [2.75, 3.05) is 13.7 Å². The zero-order valence-electron chi connectivity index (χ0n) is 12.6. The number of nitrogens with zero attached hydrogens (tertiary/aromatic N) is 1. The number of carbonyl (C=O) groups excluding carboxylic acids is 1. The normalized spacial score (nSPS) is 10.4. The number of aryl methyl sites for hydroxylation is 2. The number of aromatic nitrogens is 1. The Hall–Kier alpha value is -1.88. The van der Waals surface area contributed by atoms with Crippen LogP contribution in [0.3, 0.4) is 0 Å². The first-order chi connectivity index (χ1) is 10.1. The van der Waals surface area contributed by atoms with Crippen LogP contribution in [0.1, 0.15) is 32.9 Å². The Morgan fingerprint density at radius 1 is 1.33 bits per heavy atom. The molecule has 0 saturated heterocycles. The van der Waals surface area contributed by atoms with E-state index < -0.39 is 0 Å². The number of rotatable bonds is 6. The topological polar surface area (TPSA) is 51.2 Å². The fourth-order valence-corrected chi connectivity index (χ4v) is 3.07. The highest BCUT2D eigenvalue weighted by Crippen LogP contribution is 2.18. The van der Waals surface area contributed by atoms with Crippen LogP contribution in [-0.4, -0.2) is 24.5 Å². The predicted molar refractivity (Wildman–Crippen MR) is 85.3 cm³/mol. The lowest BCUT2D eigenvalue weighted by Crippen LogP contribution is -2.25. The molecule has 0 aliphatic carbocycles. The minimum Gasteiger partial charge on any atom is -0.497 e. The van der Waals surface area contributed by atoms with Gasteiger partial charge in [0, 0.05) is 23.4 Å². The first-order valence-electron chi connectivity index (χ1n) is 7.01. The summed E-state index contributed by atoms with van der Waals surface area (Å²) in [5.41, 5.74) is 1.80. The molecular formula is C16H20N2O2S. The minimum atomic E-state index is -0.0679. The minimum absolute atomic E-state index is 0.0679. The number of amides is 1. The van der Waals surface area contributed by atoms with Crippen LogP contribution in [0.2, 0.25) is 0 Å². The molecule has 0 radical (unpaired) electrons. The third-order valence-electron chi connectivity index (χ3n) is 3.25. The number of benzene rings is 1. The number of hydrogen-bond acceptors (Lipinski definition) is 4. The summed E-state index contributed by atoms with van der Waals surface area (Å²) in [7, 11) is 1.61. The van der Waals surface area contributed by atoms with Crippen molar-refractivity contribution in [2.45, 2.75) is 26.7 Å². The summed E-state index contributed by atoms with van der Waals surface area (Å²) in [6, 6.07) is 7.09. The molecule has 4 nitrogen and oxygen atoms in total. The van der Waals surface area contributed by atoms with Crippen molar-refractivity contribution >= 4 is 17.2 Å². The van der Waals surface area contributed by atoms with Gasteiger partial charge in [-0.2, -0.15) is 0 Å². The second-order valence-corrected chi connectivity index (χ2v) is 5.99. The maximum Gasteiger partial charge on any atom is 0.251 e. The molecule has 1 aromatic heterocycles. The van der Waals surface area contributed by atoms with Crippen molar-refractivity contribution in [3.05, 3.63) is 45.4 Å². The average Bonchev–Trinajstić information content (AvgIpc) is 2.87. The highest BCUT2D eigenvalue weighted by Gasteiger charge is 2.08. The van der Waals surface area contributed by atoms with Crippen molar-refractivity contribution in [1.82, 2.24) is 10.3 Å². The van der Waals surface area contributed by atoms with E-state index in [1.165, 1.54) is 4.88 Å². The predicted octanol–water partition coefficient (Wildman–Crippen LogP) is 3.00. The number of nitrogens with one attached hydrogen (secondary N) is 1. The fraction of sp³-hybridized carbons (Fsp3) is 0.375. The summed E-state index contributed by atoms with van der Waals surface area (Å²) in [5, 5.41) is 4.00. The third-order valence-corrected chi connectivity index (χ3v) is 4.32. The van der Waals surface area contributed by atoms with Gasteiger partial charge in [0.25, 0.3) is 5.91 Å². The molecule has 1 heterocycles. The first kappa shape index (κ1) is 15.5. The highest BCUT2D eigenvalue weighted by molar-refractivity contribution is 7.11. The Bertz CT molecular complexity index is 605. The van der Waals surface area contributed by atoms with Crippen LogP contribution in [0, 0.1) is 6.92 Å². The first-order valence-corrected chi connectivity index (χ1v) is 7.83. The molecule has 0 aliphatic heterocycles. The van der Waals surface area contributed by atoms with E-state index in [0.717, 1.165) is 29.3 Å². The van der Waals surface area contributed by atoms with Crippen LogP contribution in [0.15, 0.2) is 24.3 Å². The van der Waals surface area contributed by atoms with Gasteiger partial charge in [-0.1, -0.05) is 6.92 Å². The van der Waals surface area contributed by atoms with E-state index in [1.807, 2.05) is 0 Å². The van der Waals surface area contributed by atoms with Gasteiger partial charge in [0.05, 0.1) is 17.8 Å². The monoisotopic (exact) mass is 304 g/mol. The molecule has 0 atom stereocenters. The van der Waals surface area contributed by atoms with E-state index in [9.17, 15) is 4.79 Å². The summed E-state index contributed by atoms with van der Waals surface area (Å²) >= 11 is 1.71. The smallest absolute Gasteiger partial charge is 0.251 e. The molecular weight excluding hydrogens is 284 g/mol. The molecule has 2 aromatic rings. The van der Waals surface area contributed by atoms with Gasteiger partial charge in [-0.05, 0) is 37.6 Å². The summed E-state index contributed by atoms with van der Waals surface area (Å²) in [6.45, 7) is 4.80. The van der Waals surface area contributed by atoms with E-state index in [2.05, 4.69) is 24.1 Å². The highest BCUT2D eigenvalue weighted by atomic mass is 32.1. The van der Waals surface area contributed by atoms with E-state index in [4.69, 9.17) is 4.74 Å². The molecule has 5 heteroatoms. The Morgan fingerprint density at radius 3 is 2.62 bits per heavy atom. The Morgan fingerprint density at radius 2 is 2.05 bits per heavy atom. The molecule has 112 valence electrons. The molecule has 0 aliphatic rings. The second kappa shape index (κ2) is 7.22. The summed E-state index contributed by atoms with van der Waals surface area (Å²) in [6.07, 6.45) is 1.73. The fourth-order valence-electron chi connectivity index (χ4n) is 2.05. The molecule has 0 bridgehead atoms. The number of hydrogen-bond donors (Lipinski definition) is 1. The van der Waals surface area contributed by atoms with Gasteiger partial charge in [0.1, 0.15) is 5.75 Å².